The molecule has 2 fully saturated rings. The van der Waals surface area contributed by atoms with E-state index in [1.165, 1.54) is 0 Å². The van der Waals surface area contributed by atoms with Crippen LogP contribution >= 0.6 is 0 Å². The second-order valence-electron chi connectivity index (χ2n) is 4.03. The summed E-state index contributed by atoms with van der Waals surface area (Å²) < 4.78 is 0. The Kier molecular flexibility index (Phi) is 1.50. The van der Waals surface area contributed by atoms with Crippen molar-refractivity contribution in [2.24, 2.45) is 11.3 Å². The summed E-state index contributed by atoms with van der Waals surface area (Å²) in [5.41, 5.74) is -0.380. The molecule has 3 nitrogen and oxygen atoms in total. The summed E-state index contributed by atoms with van der Waals surface area (Å²) in [5.74, 6) is -0.154. The van der Waals surface area contributed by atoms with Gasteiger partial charge in [0.1, 0.15) is 0 Å². The van der Waals surface area contributed by atoms with Gasteiger partial charge in [-0.05, 0) is 19.8 Å². The van der Waals surface area contributed by atoms with Gasteiger partial charge in [-0.25, -0.2) is 0 Å². The van der Waals surface area contributed by atoms with Crippen LogP contribution in [0.2, 0.25) is 0 Å². The van der Waals surface area contributed by atoms with E-state index < -0.39 is 0 Å². The van der Waals surface area contributed by atoms with Gasteiger partial charge in [0.2, 0.25) is 11.8 Å². The minimum absolute atomic E-state index is 0.0428. The number of hydrogen-bond donors (Lipinski definition) is 1. The van der Waals surface area contributed by atoms with Crippen LogP contribution in [0.5, 0.6) is 0 Å². The van der Waals surface area contributed by atoms with Gasteiger partial charge in [0, 0.05) is 0 Å². The molecule has 2 atom stereocenters. The maximum absolute atomic E-state index is 11.4. The summed E-state index contributed by atoms with van der Waals surface area (Å²) in [4.78, 5) is 22.7. The minimum atomic E-state index is -0.380. The molecule has 0 spiro atoms. The Morgan fingerprint density at radius 1 is 1.42 bits per heavy atom. The van der Waals surface area contributed by atoms with Crippen molar-refractivity contribution in [3.05, 3.63) is 0 Å². The Balaban J connectivity index is 2.33. The van der Waals surface area contributed by atoms with Crippen LogP contribution in [0.1, 0.15) is 32.6 Å². The smallest absolute Gasteiger partial charge is 0.233 e. The highest BCUT2D eigenvalue weighted by Gasteiger charge is 2.52. The summed E-state index contributed by atoms with van der Waals surface area (Å²) >= 11 is 0. The predicted molar refractivity (Wildman–Crippen MR) is 43.2 cm³/mol. The Hall–Kier alpha value is -0.860. The molecule has 0 radical (unpaired) electrons. The maximum Gasteiger partial charge on any atom is 0.233 e. The Bertz CT molecular complexity index is 249. The molecule has 0 aromatic carbocycles. The van der Waals surface area contributed by atoms with Gasteiger partial charge in [-0.15, -0.1) is 0 Å². The lowest BCUT2D eigenvalue weighted by Gasteiger charge is -2.31. The molecule has 1 saturated carbocycles. The van der Waals surface area contributed by atoms with Crippen LogP contribution in [0, 0.1) is 11.3 Å². The van der Waals surface area contributed by atoms with Gasteiger partial charge >= 0.3 is 0 Å². The molecular weight excluding hydrogens is 154 g/mol. The Labute approximate surface area is 71.5 Å². The third kappa shape index (κ3) is 0.822. The number of hydrogen-bond acceptors (Lipinski definition) is 2. The molecule has 1 aliphatic heterocycles. The van der Waals surface area contributed by atoms with E-state index in [-0.39, 0.29) is 23.1 Å². The molecule has 2 aliphatic rings. The fourth-order valence-corrected chi connectivity index (χ4v) is 2.37. The summed E-state index contributed by atoms with van der Waals surface area (Å²) in [6.45, 7) is 1.91. The highest BCUT2D eigenvalue weighted by atomic mass is 16.2. The van der Waals surface area contributed by atoms with E-state index in [0.29, 0.717) is 0 Å². The second kappa shape index (κ2) is 2.31. The molecule has 3 heteroatoms. The molecular formula is C9H13NO2. The number of carbonyl (C=O) groups is 2. The van der Waals surface area contributed by atoms with Crippen LogP contribution in [0.15, 0.2) is 0 Å². The highest BCUT2D eigenvalue weighted by Crippen LogP contribution is 2.44. The topological polar surface area (TPSA) is 46.2 Å². The lowest BCUT2D eigenvalue weighted by Crippen LogP contribution is -2.34. The van der Waals surface area contributed by atoms with E-state index >= 15 is 0 Å². The number of fused-ring (bicyclic) bond motifs is 1. The van der Waals surface area contributed by atoms with Gasteiger partial charge in [-0.3, -0.25) is 14.9 Å². The van der Waals surface area contributed by atoms with E-state index in [9.17, 15) is 9.59 Å². The van der Waals surface area contributed by atoms with E-state index in [2.05, 4.69) is 5.32 Å². The number of rotatable bonds is 0. The molecule has 1 heterocycles. The van der Waals surface area contributed by atoms with Gasteiger partial charge in [-0.1, -0.05) is 12.8 Å². The zero-order chi connectivity index (χ0) is 8.77. The van der Waals surface area contributed by atoms with Crippen molar-refractivity contribution in [3.8, 4) is 0 Å². The summed E-state index contributed by atoms with van der Waals surface area (Å²) in [6.07, 6.45) is 3.91. The number of imide groups is 1. The lowest BCUT2D eigenvalue weighted by molar-refractivity contribution is -0.129. The molecule has 0 bridgehead atoms. The van der Waals surface area contributed by atoms with E-state index in [4.69, 9.17) is 0 Å². The number of nitrogens with one attached hydrogen (secondary N) is 1. The summed E-state index contributed by atoms with van der Waals surface area (Å²) in [5, 5.41) is 2.42. The van der Waals surface area contributed by atoms with Crippen molar-refractivity contribution in [2.75, 3.05) is 0 Å². The third-order valence-corrected chi connectivity index (χ3v) is 3.28. The van der Waals surface area contributed by atoms with E-state index in [1.807, 2.05) is 6.92 Å². The average Bonchev–Trinajstić information content (AvgIpc) is 2.25. The first-order valence-electron chi connectivity index (χ1n) is 4.50. The normalized spacial score (nSPS) is 40.9. The molecule has 2 rings (SSSR count). The molecule has 1 saturated heterocycles. The highest BCUT2D eigenvalue weighted by molar-refractivity contribution is 6.07. The molecule has 0 aromatic heterocycles. The third-order valence-electron chi connectivity index (χ3n) is 3.28. The zero-order valence-corrected chi connectivity index (χ0v) is 7.22. The number of amides is 2. The molecule has 12 heavy (non-hydrogen) atoms. The van der Waals surface area contributed by atoms with E-state index in [0.717, 1.165) is 25.7 Å². The van der Waals surface area contributed by atoms with Crippen LogP contribution < -0.4 is 5.32 Å². The van der Waals surface area contributed by atoms with Crippen molar-refractivity contribution in [1.29, 1.82) is 0 Å². The van der Waals surface area contributed by atoms with Crippen molar-refractivity contribution >= 4 is 11.8 Å². The first-order chi connectivity index (χ1) is 5.64. The summed E-state index contributed by atoms with van der Waals surface area (Å²) in [7, 11) is 0. The first kappa shape index (κ1) is 7.77. The fraction of sp³-hybridized carbons (Fsp3) is 0.778. The Morgan fingerprint density at radius 2 is 2.17 bits per heavy atom. The zero-order valence-electron chi connectivity index (χ0n) is 7.22. The van der Waals surface area contributed by atoms with Gasteiger partial charge in [0.05, 0.1) is 11.3 Å². The van der Waals surface area contributed by atoms with Crippen molar-refractivity contribution in [1.82, 2.24) is 5.32 Å². The van der Waals surface area contributed by atoms with Crippen LogP contribution in [-0.4, -0.2) is 11.8 Å². The molecule has 2 amide bonds. The molecule has 1 N–H and O–H groups in total. The SMILES string of the molecule is C[C@]12CCCCC1C(=O)NC2=O. The Morgan fingerprint density at radius 3 is 2.83 bits per heavy atom. The van der Waals surface area contributed by atoms with Crippen LogP contribution in [-0.2, 0) is 9.59 Å². The van der Waals surface area contributed by atoms with Gasteiger partial charge in [0.25, 0.3) is 0 Å². The molecule has 1 unspecified atom stereocenters. The standard InChI is InChI=1S/C9H13NO2/c1-9-5-3-2-4-6(9)7(11)10-8(9)12/h6H,2-5H2,1H3,(H,10,11,12)/t6?,9-/m0/s1. The second-order valence-corrected chi connectivity index (χ2v) is 4.03. The van der Waals surface area contributed by atoms with Crippen molar-refractivity contribution in [3.63, 3.8) is 0 Å². The van der Waals surface area contributed by atoms with Gasteiger partial charge in [0.15, 0.2) is 0 Å². The maximum atomic E-state index is 11.4. The lowest BCUT2D eigenvalue weighted by atomic mass is 9.69. The molecule has 1 aliphatic carbocycles. The minimum Gasteiger partial charge on any atom is -0.296 e. The van der Waals surface area contributed by atoms with Crippen molar-refractivity contribution in [2.45, 2.75) is 32.6 Å². The van der Waals surface area contributed by atoms with Gasteiger partial charge in [-0.2, -0.15) is 0 Å². The molecule has 0 aromatic rings. The van der Waals surface area contributed by atoms with Crippen molar-refractivity contribution < 1.29 is 9.59 Å². The predicted octanol–water partition coefficient (Wildman–Crippen LogP) is 0.839. The van der Waals surface area contributed by atoms with Crippen LogP contribution in [0.25, 0.3) is 0 Å². The van der Waals surface area contributed by atoms with E-state index in [1.54, 1.807) is 0 Å². The molecule has 66 valence electrons. The average molecular weight is 167 g/mol. The van der Waals surface area contributed by atoms with Crippen LogP contribution in [0.4, 0.5) is 0 Å². The number of carbonyl (C=O) groups excluding carboxylic acids is 2. The quantitative estimate of drug-likeness (QED) is 0.543. The monoisotopic (exact) mass is 167 g/mol. The first-order valence-corrected chi connectivity index (χ1v) is 4.50. The van der Waals surface area contributed by atoms with Gasteiger partial charge < -0.3 is 0 Å². The summed E-state index contributed by atoms with van der Waals surface area (Å²) in [6, 6.07) is 0. The largest absolute Gasteiger partial charge is 0.296 e. The fourth-order valence-electron chi connectivity index (χ4n) is 2.37. The van der Waals surface area contributed by atoms with Crippen LogP contribution in [0.3, 0.4) is 0 Å².